The fraction of sp³-hybridized carbons (Fsp3) is 0.667. The first-order valence-electron chi connectivity index (χ1n) is 5.88. The highest BCUT2D eigenvalue weighted by atomic mass is 16.5. The Balaban J connectivity index is 2.24. The van der Waals surface area contributed by atoms with Crippen LogP contribution in [-0.4, -0.2) is 41.3 Å². The third-order valence-corrected chi connectivity index (χ3v) is 2.41. The number of hydrogen-bond donors (Lipinski definition) is 0. The molecule has 0 saturated heterocycles. The second-order valence-corrected chi connectivity index (χ2v) is 4.49. The van der Waals surface area contributed by atoms with Gasteiger partial charge in [-0.2, -0.15) is 5.10 Å². The van der Waals surface area contributed by atoms with E-state index in [1.807, 2.05) is 10.9 Å². The molecule has 0 radical (unpaired) electrons. The lowest BCUT2D eigenvalue weighted by atomic mass is 10.3. The van der Waals surface area contributed by atoms with Gasteiger partial charge >= 0.3 is 0 Å². The van der Waals surface area contributed by atoms with Gasteiger partial charge in [0.2, 0.25) is 5.91 Å². The monoisotopic (exact) mass is 239 g/mol. The number of rotatable bonds is 6. The van der Waals surface area contributed by atoms with Crippen molar-refractivity contribution in [3.63, 3.8) is 0 Å². The molecule has 0 aliphatic carbocycles. The van der Waals surface area contributed by atoms with Crippen LogP contribution in [0.15, 0.2) is 12.4 Å². The third kappa shape index (κ3) is 4.46. The quantitative estimate of drug-likeness (QED) is 0.710. The van der Waals surface area contributed by atoms with Gasteiger partial charge in [0, 0.05) is 26.6 Å². The van der Waals surface area contributed by atoms with Crippen molar-refractivity contribution in [3.05, 3.63) is 12.4 Å². The average Bonchev–Trinajstić information content (AvgIpc) is 2.72. The Bertz CT molecular complexity index is 358. The summed E-state index contributed by atoms with van der Waals surface area (Å²) in [4.78, 5) is 12.9. The van der Waals surface area contributed by atoms with Gasteiger partial charge in [-0.05, 0) is 20.3 Å². The van der Waals surface area contributed by atoms with Crippen LogP contribution in [0.3, 0.4) is 0 Å². The second kappa shape index (κ2) is 6.27. The highest BCUT2D eigenvalue weighted by molar-refractivity contribution is 5.75. The number of aromatic nitrogens is 2. The number of ether oxygens (including phenoxy) is 1. The first kappa shape index (κ1) is 13.5. The van der Waals surface area contributed by atoms with Crippen molar-refractivity contribution in [2.24, 2.45) is 0 Å². The van der Waals surface area contributed by atoms with Gasteiger partial charge in [0.05, 0.1) is 19.0 Å². The largest absolute Gasteiger partial charge is 0.490 e. The number of nitrogens with zero attached hydrogens (tertiary/aromatic N) is 3. The minimum Gasteiger partial charge on any atom is -0.490 e. The van der Waals surface area contributed by atoms with Gasteiger partial charge in [-0.25, -0.2) is 0 Å². The standard InChI is InChI=1S/C12H21N3O2/c1-10(2)15-9-11(8-13-15)17-7-5-6-12(16)14(3)4/h8-10H,5-7H2,1-4H3. The molecule has 0 unspecified atom stereocenters. The molecular weight excluding hydrogens is 218 g/mol. The molecule has 96 valence electrons. The molecule has 1 rings (SSSR count). The van der Waals surface area contributed by atoms with Crippen LogP contribution in [-0.2, 0) is 4.79 Å². The summed E-state index contributed by atoms with van der Waals surface area (Å²) >= 11 is 0. The van der Waals surface area contributed by atoms with Crippen molar-refractivity contribution < 1.29 is 9.53 Å². The highest BCUT2D eigenvalue weighted by Gasteiger charge is 2.05. The van der Waals surface area contributed by atoms with E-state index >= 15 is 0 Å². The summed E-state index contributed by atoms with van der Waals surface area (Å²) in [5, 5.41) is 4.17. The number of amides is 1. The fourth-order valence-corrected chi connectivity index (χ4v) is 1.31. The maximum absolute atomic E-state index is 11.3. The van der Waals surface area contributed by atoms with Gasteiger partial charge in [0.15, 0.2) is 5.75 Å². The molecule has 0 saturated carbocycles. The number of carbonyl (C=O) groups is 1. The average molecular weight is 239 g/mol. The lowest BCUT2D eigenvalue weighted by Crippen LogP contribution is -2.21. The van der Waals surface area contributed by atoms with Crippen molar-refractivity contribution in [1.29, 1.82) is 0 Å². The van der Waals surface area contributed by atoms with E-state index in [9.17, 15) is 4.79 Å². The molecule has 0 aromatic carbocycles. The molecule has 0 N–H and O–H groups in total. The van der Waals surface area contributed by atoms with Crippen LogP contribution in [0.2, 0.25) is 0 Å². The van der Waals surface area contributed by atoms with E-state index in [-0.39, 0.29) is 5.91 Å². The second-order valence-electron chi connectivity index (χ2n) is 4.49. The lowest BCUT2D eigenvalue weighted by Gasteiger charge is -2.09. The van der Waals surface area contributed by atoms with Crippen molar-refractivity contribution in [2.45, 2.75) is 32.7 Å². The first-order chi connectivity index (χ1) is 8.00. The predicted molar refractivity (Wildman–Crippen MR) is 66.0 cm³/mol. The molecule has 5 heteroatoms. The minimum absolute atomic E-state index is 0.131. The zero-order valence-corrected chi connectivity index (χ0v) is 11.0. The van der Waals surface area contributed by atoms with Crippen LogP contribution in [0.1, 0.15) is 32.7 Å². The molecule has 0 atom stereocenters. The van der Waals surface area contributed by atoms with Gasteiger partial charge in [-0.3, -0.25) is 9.48 Å². The van der Waals surface area contributed by atoms with Crippen LogP contribution >= 0.6 is 0 Å². The summed E-state index contributed by atoms with van der Waals surface area (Å²) in [7, 11) is 3.52. The maximum atomic E-state index is 11.3. The van der Waals surface area contributed by atoms with Crippen LogP contribution in [0.4, 0.5) is 0 Å². The van der Waals surface area contributed by atoms with Crippen LogP contribution in [0, 0.1) is 0 Å². The molecule has 1 aromatic rings. The van der Waals surface area contributed by atoms with Gasteiger partial charge in [0.1, 0.15) is 0 Å². The Labute approximate surface area is 102 Å². The Morgan fingerprint density at radius 3 is 2.76 bits per heavy atom. The molecular formula is C12H21N3O2. The smallest absolute Gasteiger partial charge is 0.222 e. The first-order valence-corrected chi connectivity index (χ1v) is 5.88. The van der Waals surface area contributed by atoms with Crippen LogP contribution < -0.4 is 4.74 Å². The van der Waals surface area contributed by atoms with E-state index in [0.717, 1.165) is 12.2 Å². The summed E-state index contributed by atoms with van der Waals surface area (Å²) in [5.74, 6) is 0.891. The molecule has 5 nitrogen and oxygen atoms in total. The summed E-state index contributed by atoms with van der Waals surface area (Å²) < 4.78 is 7.36. The lowest BCUT2D eigenvalue weighted by molar-refractivity contribution is -0.128. The number of carbonyl (C=O) groups excluding carboxylic acids is 1. The summed E-state index contributed by atoms with van der Waals surface area (Å²) in [6.07, 6.45) is 4.82. The molecule has 0 aliphatic heterocycles. The topological polar surface area (TPSA) is 47.4 Å². The third-order valence-electron chi connectivity index (χ3n) is 2.41. The van der Waals surface area contributed by atoms with Crippen molar-refractivity contribution >= 4 is 5.91 Å². The Morgan fingerprint density at radius 2 is 2.24 bits per heavy atom. The molecule has 1 heterocycles. The van der Waals surface area contributed by atoms with E-state index in [0.29, 0.717) is 19.1 Å². The number of hydrogen-bond acceptors (Lipinski definition) is 3. The molecule has 0 aliphatic rings. The SMILES string of the molecule is CC(C)n1cc(OCCCC(=O)N(C)C)cn1. The van der Waals surface area contributed by atoms with Crippen LogP contribution in [0.5, 0.6) is 5.75 Å². The zero-order valence-electron chi connectivity index (χ0n) is 11.0. The highest BCUT2D eigenvalue weighted by Crippen LogP contribution is 2.12. The molecule has 1 amide bonds. The Morgan fingerprint density at radius 1 is 1.53 bits per heavy atom. The molecule has 0 bridgehead atoms. The maximum Gasteiger partial charge on any atom is 0.222 e. The summed E-state index contributed by atoms with van der Waals surface area (Å²) in [6.45, 7) is 4.67. The predicted octanol–water partition coefficient (Wildman–Crippen LogP) is 1.71. The molecule has 1 aromatic heterocycles. The normalized spacial score (nSPS) is 10.6. The van der Waals surface area contributed by atoms with Crippen molar-refractivity contribution in [3.8, 4) is 5.75 Å². The summed E-state index contributed by atoms with van der Waals surface area (Å²) in [5.41, 5.74) is 0. The fourth-order valence-electron chi connectivity index (χ4n) is 1.31. The van der Waals surface area contributed by atoms with Gasteiger partial charge in [-0.15, -0.1) is 0 Å². The molecule has 17 heavy (non-hydrogen) atoms. The van der Waals surface area contributed by atoms with E-state index < -0.39 is 0 Å². The van der Waals surface area contributed by atoms with Crippen LogP contribution in [0.25, 0.3) is 0 Å². The van der Waals surface area contributed by atoms with E-state index in [4.69, 9.17) is 4.74 Å². The zero-order chi connectivity index (χ0) is 12.8. The van der Waals surface area contributed by atoms with Crippen molar-refractivity contribution in [2.75, 3.05) is 20.7 Å². The Hall–Kier alpha value is -1.52. The van der Waals surface area contributed by atoms with Gasteiger partial charge in [0.25, 0.3) is 0 Å². The van der Waals surface area contributed by atoms with E-state index in [1.54, 1.807) is 25.2 Å². The van der Waals surface area contributed by atoms with E-state index in [2.05, 4.69) is 18.9 Å². The van der Waals surface area contributed by atoms with Gasteiger partial charge in [-0.1, -0.05) is 0 Å². The molecule has 0 spiro atoms. The van der Waals surface area contributed by atoms with Crippen molar-refractivity contribution in [1.82, 2.24) is 14.7 Å². The van der Waals surface area contributed by atoms with E-state index in [1.165, 1.54) is 0 Å². The molecule has 0 fully saturated rings. The Kier molecular flexibility index (Phi) is 5.00. The minimum atomic E-state index is 0.131. The van der Waals surface area contributed by atoms with Gasteiger partial charge < -0.3 is 9.64 Å². The summed E-state index contributed by atoms with van der Waals surface area (Å²) in [6, 6.07) is 0.336.